The topological polar surface area (TPSA) is 96.9 Å². The number of carbonyl (C=O) groups excluding carboxylic acids is 1. The Bertz CT molecular complexity index is 967. The van der Waals surface area contributed by atoms with E-state index in [0.717, 1.165) is 34.9 Å². The highest BCUT2D eigenvalue weighted by molar-refractivity contribution is 5.98. The van der Waals surface area contributed by atoms with E-state index in [1.807, 2.05) is 12.1 Å². The third-order valence-corrected chi connectivity index (χ3v) is 5.26. The molecule has 0 aliphatic carbocycles. The SMILES string of the molecule is CC(C)(C)c1ccc(-c2ccc3cc(C(=O)NCC(N)CCCN)[nH]c3c2)cc1. The third kappa shape index (κ3) is 5.25. The van der Waals surface area contributed by atoms with Gasteiger partial charge in [-0.1, -0.05) is 57.2 Å². The highest BCUT2D eigenvalue weighted by atomic mass is 16.1. The van der Waals surface area contributed by atoms with Crippen LogP contribution in [0.25, 0.3) is 22.0 Å². The lowest BCUT2D eigenvalue weighted by Crippen LogP contribution is -2.37. The fourth-order valence-electron chi connectivity index (χ4n) is 3.39. The lowest BCUT2D eigenvalue weighted by atomic mass is 9.86. The van der Waals surface area contributed by atoms with Crippen LogP contribution in [0.1, 0.15) is 49.7 Å². The fourth-order valence-corrected chi connectivity index (χ4v) is 3.39. The molecule has 1 aromatic heterocycles. The molecule has 6 N–H and O–H groups in total. The summed E-state index contributed by atoms with van der Waals surface area (Å²) in [6.45, 7) is 7.70. The highest BCUT2D eigenvalue weighted by Crippen LogP contribution is 2.28. The van der Waals surface area contributed by atoms with Gasteiger partial charge in [0.15, 0.2) is 0 Å². The third-order valence-electron chi connectivity index (χ3n) is 5.26. The number of rotatable bonds is 7. The van der Waals surface area contributed by atoms with Gasteiger partial charge in [0.05, 0.1) is 0 Å². The first-order valence-electron chi connectivity index (χ1n) is 10.3. The lowest BCUT2D eigenvalue weighted by Gasteiger charge is -2.19. The Morgan fingerprint density at radius 2 is 1.76 bits per heavy atom. The van der Waals surface area contributed by atoms with Gasteiger partial charge in [0.1, 0.15) is 5.69 Å². The molecule has 3 rings (SSSR count). The Morgan fingerprint density at radius 3 is 2.41 bits per heavy atom. The van der Waals surface area contributed by atoms with Gasteiger partial charge < -0.3 is 21.8 Å². The molecule has 0 aliphatic rings. The number of benzene rings is 2. The van der Waals surface area contributed by atoms with Crippen molar-refractivity contribution in [2.45, 2.75) is 45.1 Å². The molecule has 0 saturated carbocycles. The van der Waals surface area contributed by atoms with Crippen molar-refractivity contribution in [2.75, 3.05) is 13.1 Å². The molecule has 0 saturated heterocycles. The van der Waals surface area contributed by atoms with Crippen molar-refractivity contribution in [1.29, 1.82) is 0 Å². The number of hydrogen-bond donors (Lipinski definition) is 4. The summed E-state index contributed by atoms with van der Waals surface area (Å²) < 4.78 is 0. The number of nitrogens with one attached hydrogen (secondary N) is 2. The summed E-state index contributed by atoms with van der Waals surface area (Å²) in [5.74, 6) is -0.138. The van der Waals surface area contributed by atoms with E-state index >= 15 is 0 Å². The minimum atomic E-state index is -0.138. The number of carbonyl (C=O) groups is 1. The van der Waals surface area contributed by atoms with Crippen LogP contribution in [-0.4, -0.2) is 30.0 Å². The Hall–Kier alpha value is -2.63. The van der Waals surface area contributed by atoms with E-state index in [1.165, 1.54) is 5.56 Å². The molecule has 0 aliphatic heterocycles. The van der Waals surface area contributed by atoms with Crippen LogP contribution in [0.15, 0.2) is 48.5 Å². The van der Waals surface area contributed by atoms with Crippen LogP contribution in [0.2, 0.25) is 0 Å². The molecule has 29 heavy (non-hydrogen) atoms. The minimum Gasteiger partial charge on any atom is -0.351 e. The molecule has 1 unspecified atom stereocenters. The summed E-state index contributed by atoms with van der Waals surface area (Å²) in [5, 5.41) is 3.91. The summed E-state index contributed by atoms with van der Waals surface area (Å²) >= 11 is 0. The van der Waals surface area contributed by atoms with Crippen LogP contribution in [0.4, 0.5) is 0 Å². The molecule has 0 bridgehead atoms. The maximum atomic E-state index is 12.5. The first-order chi connectivity index (χ1) is 13.8. The van der Waals surface area contributed by atoms with Crippen molar-refractivity contribution in [1.82, 2.24) is 10.3 Å². The van der Waals surface area contributed by atoms with E-state index in [9.17, 15) is 4.79 Å². The van der Waals surface area contributed by atoms with Crippen LogP contribution < -0.4 is 16.8 Å². The van der Waals surface area contributed by atoms with Gasteiger partial charge in [-0.3, -0.25) is 4.79 Å². The molecule has 5 nitrogen and oxygen atoms in total. The van der Waals surface area contributed by atoms with Crippen molar-refractivity contribution in [2.24, 2.45) is 11.5 Å². The van der Waals surface area contributed by atoms with Crippen LogP contribution in [0, 0.1) is 0 Å². The second-order valence-electron chi connectivity index (χ2n) is 8.71. The molecule has 1 amide bonds. The summed E-state index contributed by atoms with van der Waals surface area (Å²) in [7, 11) is 0. The van der Waals surface area contributed by atoms with Crippen molar-refractivity contribution in [3.63, 3.8) is 0 Å². The second-order valence-corrected chi connectivity index (χ2v) is 8.71. The maximum Gasteiger partial charge on any atom is 0.267 e. The summed E-state index contributed by atoms with van der Waals surface area (Å²) in [6, 6.07) is 16.7. The molecular formula is C24H32N4O. The number of fused-ring (bicyclic) bond motifs is 1. The number of aromatic nitrogens is 1. The number of nitrogens with two attached hydrogens (primary N) is 2. The zero-order valence-corrected chi connectivity index (χ0v) is 17.6. The van der Waals surface area contributed by atoms with Crippen molar-refractivity contribution in [3.8, 4) is 11.1 Å². The minimum absolute atomic E-state index is 0.0745. The van der Waals surface area contributed by atoms with Gasteiger partial charge in [-0.2, -0.15) is 0 Å². The van der Waals surface area contributed by atoms with Crippen molar-refractivity contribution in [3.05, 3.63) is 59.8 Å². The Labute approximate surface area is 172 Å². The van der Waals surface area contributed by atoms with Gasteiger partial charge in [-0.15, -0.1) is 0 Å². The largest absolute Gasteiger partial charge is 0.351 e. The molecule has 0 fully saturated rings. The van der Waals surface area contributed by atoms with Gasteiger partial charge in [0, 0.05) is 23.5 Å². The van der Waals surface area contributed by atoms with E-state index in [1.54, 1.807) is 0 Å². The monoisotopic (exact) mass is 392 g/mol. The first-order valence-corrected chi connectivity index (χ1v) is 10.3. The normalized spacial score (nSPS) is 12.9. The summed E-state index contributed by atoms with van der Waals surface area (Å²) in [4.78, 5) is 15.7. The van der Waals surface area contributed by atoms with E-state index in [2.05, 4.69) is 67.5 Å². The van der Waals surface area contributed by atoms with Crippen molar-refractivity contribution >= 4 is 16.8 Å². The molecule has 3 aromatic rings. The van der Waals surface area contributed by atoms with Gasteiger partial charge in [-0.05, 0) is 53.6 Å². The fraction of sp³-hybridized carbons (Fsp3) is 0.375. The van der Waals surface area contributed by atoms with Crippen LogP contribution in [0.5, 0.6) is 0 Å². The predicted octanol–water partition coefficient (Wildman–Crippen LogP) is 3.93. The predicted molar refractivity (Wildman–Crippen MR) is 121 cm³/mol. The summed E-state index contributed by atoms with van der Waals surface area (Å²) in [5.41, 5.74) is 16.7. The molecule has 0 spiro atoms. The van der Waals surface area contributed by atoms with E-state index in [-0.39, 0.29) is 17.4 Å². The van der Waals surface area contributed by atoms with Gasteiger partial charge in [0.25, 0.3) is 5.91 Å². The standard InChI is InChI=1S/C24H32N4O/c1-24(2,3)19-10-8-16(9-11-19)17-6-7-18-14-22(28-21(18)13-17)23(29)27-15-20(26)5-4-12-25/h6-11,13-14,20,28H,4-5,12,15,25-26H2,1-3H3,(H,27,29). The van der Waals surface area contributed by atoms with Crippen LogP contribution in [-0.2, 0) is 5.41 Å². The lowest BCUT2D eigenvalue weighted by molar-refractivity contribution is 0.0946. The summed E-state index contributed by atoms with van der Waals surface area (Å²) in [6.07, 6.45) is 1.67. The average Bonchev–Trinajstić information content (AvgIpc) is 3.13. The molecular weight excluding hydrogens is 360 g/mol. The quantitative estimate of drug-likeness (QED) is 0.490. The van der Waals surface area contributed by atoms with Gasteiger partial charge in [0.2, 0.25) is 0 Å². The molecule has 0 radical (unpaired) electrons. The van der Waals surface area contributed by atoms with Crippen LogP contribution in [0.3, 0.4) is 0 Å². The first kappa shape index (κ1) is 21.1. The Morgan fingerprint density at radius 1 is 1.07 bits per heavy atom. The maximum absolute atomic E-state index is 12.5. The van der Waals surface area contributed by atoms with Crippen LogP contribution >= 0.6 is 0 Å². The van der Waals surface area contributed by atoms with E-state index < -0.39 is 0 Å². The smallest absolute Gasteiger partial charge is 0.267 e. The number of aromatic amines is 1. The zero-order valence-electron chi connectivity index (χ0n) is 17.6. The van der Waals surface area contributed by atoms with E-state index in [0.29, 0.717) is 18.8 Å². The van der Waals surface area contributed by atoms with Gasteiger partial charge >= 0.3 is 0 Å². The molecule has 2 aromatic carbocycles. The number of H-pyrrole nitrogens is 1. The molecule has 154 valence electrons. The van der Waals surface area contributed by atoms with Crippen molar-refractivity contribution < 1.29 is 4.79 Å². The Balaban J connectivity index is 1.73. The highest BCUT2D eigenvalue weighted by Gasteiger charge is 2.14. The second kappa shape index (κ2) is 8.80. The number of hydrogen-bond acceptors (Lipinski definition) is 3. The molecule has 5 heteroatoms. The zero-order chi connectivity index (χ0) is 21.0. The molecule has 1 atom stereocenters. The molecule has 1 heterocycles. The average molecular weight is 393 g/mol. The number of amides is 1. The Kier molecular flexibility index (Phi) is 6.40. The van der Waals surface area contributed by atoms with Gasteiger partial charge in [-0.25, -0.2) is 0 Å². The van der Waals surface area contributed by atoms with E-state index in [4.69, 9.17) is 11.5 Å².